The topological polar surface area (TPSA) is 93.0 Å². The number of fused-ring (bicyclic) bond motifs is 1. The summed E-state index contributed by atoms with van der Waals surface area (Å²) in [5.41, 5.74) is 0.278. The molecular formula is C22H23F2N5O4. The van der Waals surface area contributed by atoms with Crippen molar-refractivity contribution in [3.8, 4) is 11.5 Å². The van der Waals surface area contributed by atoms with E-state index in [9.17, 15) is 18.7 Å². The molecule has 1 aliphatic heterocycles. The van der Waals surface area contributed by atoms with E-state index in [0.717, 1.165) is 17.0 Å². The van der Waals surface area contributed by atoms with E-state index in [1.54, 1.807) is 4.68 Å². The molecule has 0 saturated carbocycles. The van der Waals surface area contributed by atoms with Crippen molar-refractivity contribution < 1.29 is 28.2 Å². The van der Waals surface area contributed by atoms with Gasteiger partial charge in [0.15, 0.2) is 11.5 Å². The molecule has 0 radical (unpaired) electrons. The number of hydrogen-bond donors (Lipinski definition) is 1. The van der Waals surface area contributed by atoms with Gasteiger partial charge in [-0.25, -0.2) is 13.8 Å². The summed E-state index contributed by atoms with van der Waals surface area (Å²) in [5, 5.41) is 15.9. The first-order chi connectivity index (χ1) is 15.8. The number of aliphatic hydroxyl groups is 1. The molecule has 0 spiro atoms. The number of hydrogen-bond acceptors (Lipinski definition) is 7. The highest BCUT2D eigenvalue weighted by Gasteiger charge is 2.50. The van der Waals surface area contributed by atoms with Crippen molar-refractivity contribution in [2.75, 3.05) is 32.7 Å². The number of methoxy groups -OCH3 is 2. The van der Waals surface area contributed by atoms with Crippen LogP contribution in [0.5, 0.6) is 11.5 Å². The molecule has 174 valence electrons. The number of aromatic nitrogens is 3. The Morgan fingerprint density at radius 2 is 1.82 bits per heavy atom. The normalized spacial score (nSPS) is 17.8. The van der Waals surface area contributed by atoms with Crippen molar-refractivity contribution in [1.82, 2.24) is 19.7 Å². The Morgan fingerprint density at radius 3 is 2.45 bits per heavy atom. The SMILES string of the molecule is COc1cc2c(cc1OC)N(C)C(O)(c1ccc(F)cc1F)N(CCCn1cncn1)C2=O. The molecule has 33 heavy (non-hydrogen) atoms. The molecule has 9 nitrogen and oxygen atoms in total. The summed E-state index contributed by atoms with van der Waals surface area (Å²) < 4.78 is 40.8. The highest BCUT2D eigenvalue weighted by molar-refractivity contribution is 6.03. The molecule has 11 heteroatoms. The number of anilines is 1. The van der Waals surface area contributed by atoms with Gasteiger partial charge in [0.05, 0.1) is 31.0 Å². The van der Waals surface area contributed by atoms with Crippen LogP contribution < -0.4 is 14.4 Å². The number of carbonyl (C=O) groups excluding carboxylic acids is 1. The predicted molar refractivity (Wildman–Crippen MR) is 114 cm³/mol. The van der Waals surface area contributed by atoms with Crippen molar-refractivity contribution in [3.05, 3.63) is 65.7 Å². The number of rotatable bonds is 7. The number of aryl methyl sites for hydroxylation is 1. The van der Waals surface area contributed by atoms with Crippen LogP contribution in [0.25, 0.3) is 0 Å². The van der Waals surface area contributed by atoms with Crippen LogP contribution in [0.2, 0.25) is 0 Å². The molecule has 1 N–H and O–H groups in total. The van der Waals surface area contributed by atoms with Crippen molar-refractivity contribution in [2.45, 2.75) is 18.8 Å². The van der Waals surface area contributed by atoms with E-state index in [-0.39, 0.29) is 17.7 Å². The highest BCUT2D eigenvalue weighted by atomic mass is 19.1. The van der Waals surface area contributed by atoms with Gasteiger partial charge in [0, 0.05) is 32.3 Å². The van der Waals surface area contributed by atoms with Gasteiger partial charge in [0.2, 0.25) is 0 Å². The molecular weight excluding hydrogens is 436 g/mol. The van der Waals surface area contributed by atoms with Crippen LogP contribution >= 0.6 is 0 Å². The second-order valence-electron chi connectivity index (χ2n) is 7.51. The summed E-state index contributed by atoms with van der Waals surface area (Å²) >= 11 is 0. The maximum atomic E-state index is 14.9. The fourth-order valence-corrected chi connectivity index (χ4v) is 4.04. The Balaban J connectivity index is 1.82. The van der Waals surface area contributed by atoms with Gasteiger partial charge in [-0.1, -0.05) is 0 Å². The van der Waals surface area contributed by atoms with Crippen molar-refractivity contribution in [1.29, 1.82) is 0 Å². The number of nitrogens with zero attached hydrogens (tertiary/aromatic N) is 5. The third-order valence-electron chi connectivity index (χ3n) is 5.71. The number of carbonyl (C=O) groups is 1. The molecule has 0 fully saturated rings. The smallest absolute Gasteiger partial charge is 0.260 e. The van der Waals surface area contributed by atoms with Gasteiger partial charge in [-0.15, -0.1) is 0 Å². The third kappa shape index (κ3) is 3.74. The van der Waals surface area contributed by atoms with E-state index < -0.39 is 23.4 Å². The zero-order valence-electron chi connectivity index (χ0n) is 18.3. The lowest BCUT2D eigenvalue weighted by atomic mass is 9.97. The van der Waals surface area contributed by atoms with Crippen molar-refractivity contribution in [3.63, 3.8) is 0 Å². The molecule has 2 heterocycles. The Morgan fingerprint density at radius 1 is 1.09 bits per heavy atom. The van der Waals surface area contributed by atoms with Gasteiger partial charge < -0.3 is 19.5 Å². The molecule has 1 atom stereocenters. The molecule has 0 saturated heterocycles. The number of halogens is 2. The first-order valence-electron chi connectivity index (χ1n) is 10.1. The molecule has 1 aliphatic rings. The monoisotopic (exact) mass is 459 g/mol. The standard InChI is InChI=1S/C22H23F2N5O4/c1-27-18-11-20(33-3)19(32-2)10-15(18)21(30)29(8-4-7-28-13-25-12-26-28)22(27,31)16-6-5-14(23)9-17(16)24/h5-6,9-13,31H,4,7-8H2,1-3H3. The lowest BCUT2D eigenvalue weighted by molar-refractivity contribution is -0.0992. The fourth-order valence-electron chi connectivity index (χ4n) is 4.04. The number of amides is 1. The Bertz CT molecular complexity index is 1170. The number of benzene rings is 2. The highest BCUT2D eigenvalue weighted by Crippen LogP contribution is 2.45. The van der Waals surface area contributed by atoms with E-state index in [1.807, 2.05) is 0 Å². The fraction of sp³-hybridized carbons (Fsp3) is 0.318. The molecule has 0 aliphatic carbocycles. The van der Waals surface area contributed by atoms with Gasteiger partial charge in [-0.05, 0) is 24.6 Å². The zero-order chi connectivity index (χ0) is 23.8. The van der Waals surface area contributed by atoms with E-state index in [4.69, 9.17) is 9.47 Å². The first-order valence-corrected chi connectivity index (χ1v) is 10.1. The van der Waals surface area contributed by atoms with Crippen LogP contribution in [0, 0.1) is 11.6 Å². The van der Waals surface area contributed by atoms with Gasteiger partial charge in [-0.3, -0.25) is 14.4 Å². The van der Waals surface area contributed by atoms with Crippen LogP contribution in [-0.4, -0.2) is 58.5 Å². The Labute approximate surface area is 188 Å². The maximum absolute atomic E-state index is 14.9. The summed E-state index contributed by atoms with van der Waals surface area (Å²) in [6, 6.07) is 5.88. The first kappa shape index (κ1) is 22.5. The molecule has 0 bridgehead atoms. The minimum absolute atomic E-state index is 0.0458. The average molecular weight is 459 g/mol. The van der Waals surface area contributed by atoms with Crippen LogP contribution in [0.1, 0.15) is 22.3 Å². The second-order valence-corrected chi connectivity index (χ2v) is 7.51. The van der Waals surface area contributed by atoms with Gasteiger partial charge in [-0.2, -0.15) is 5.10 Å². The van der Waals surface area contributed by atoms with Gasteiger partial charge in [0.1, 0.15) is 24.3 Å². The zero-order valence-corrected chi connectivity index (χ0v) is 18.3. The summed E-state index contributed by atoms with van der Waals surface area (Å²) in [6.45, 7) is 0.457. The molecule has 3 aromatic rings. The quantitative estimate of drug-likeness (QED) is 0.580. The van der Waals surface area contributed by atoms with Crippen molar-refractivity contribution in [2.24, 2.45) is 0 Å². The van der Waals surface area contributed by atoms with Gasteiger partial charge in [0.25, 0.3) is 11.8 Å². The average Bonchev–Trinajstić information content (AvgIpc) is 3.32. The van der Waals surface area contributed by atoms with Crippen molar-refractivity contribution >= 4 is 11.6 Å². The summed E-state index contributed by atoms with van der Waals surface area (Å²) in [6.07, 6.45) is 3.30. The molecule has 4 rings (SSSR count). The van der Waals surface area contributed by atoms with Crippen LogP contribution in [-0.2, 0) is 12.4 Å². The van der Waals surface area contributed by atoms with E-state index in [2.05, 4.69) is 10.1 Å². The summed E-state index contributed by atoms with van der Waals surface area (Å²) in [4.78, 5) is 20.0. The summed E-state index contributed by atoms with van der Waals surface area (Å²) in [5.74, 6) is -3.90. The summed E-state index contributed by atoms with van der Waals surface area (Å²) in [7, 11) is 4.41. The minimum Gasteiger partial charge on any atom is -0.493 e. The molecule has 1 amide bonds. The maximum Gasteiger partial charge on any atom is 0.260 e. The minimum atomic E-state index is -2.23. The molecule has 1 unspecified atom stereocenters. The number of ether oxygens (including phenoxy) is 2. The van der Waals surface area contributed by atoms with E-state index in [1.165, 1.54) is 51.0 Å². The lowest BCUT2D eigenvalue weighted by Crippen LogP contribution is -2.63. The molecule has 2 aromatic carbocycles. The third-order valence-corrected chi connectivity index (χ3v) is 5.71. The van der Waals surface area contributed by atoms with Crippen LogP contribution in [0.3, 0.4) is 0 Å². The van der Waals surface area contributed by atoms with Crippen LogP contribution in [0.4, 0.5) is 14.5 Å². The van der Waals surface area contributed by atoms with E-state index >= 15 is 0 Å². The Hall–Kier alpha value is -3.73. The lowest BCUT2D eigenvalue weighted by Gasteiger charge is -2.50. The van der Waals surface area contributed by atoms with Crippen LogP contribution in [0.15, 0.2) is 43.0 Å². The predicted octanol–water partition coefficient (Wildman–Crippen LogP) is 2.36. The van der Waals surface area contributed by atoms with Gasteiger partial charge >= 0.3 is 0 Å². The largest absolute Gasteiger partial charge is 0.493 e. The second kappa shape index (κ2) is 8.66. The molecule has 1 aromatic heterocycles. The van der Waals surface area contributed by atoms with E-state index in [0.29, 0.717) is 36.2 Å². The Kier molecular flexibility index (Phi) is 5.90.